The molecular weight excluding hydrogens is 470 g/mol. The van der Waals surface area contributed by atoms with Gasteiger partial charge in [0.1, 0.15) is 24.5 Å². The van der Waals surface area contributed by atoms with Gasteiger partial charge >= 0.3 is 0 Å². The van der Waals surface area contributed by atoms with E-state index in [0.29, 0.717) is 6.61 Å². The molecule has 1 N–H and O–H groups in total. The number of aromatic nitrogens is 2. The van der Waals surface area contributed by atoms with Crippen LogP contribution >= 0.6 is 31.9 Å². The maximum Gasteiger partial charge on any atom is 0.141 e. The molecule has 0 amide bonds. The summed E-state index contributed by atoms with van der Waals surface area (Å²) in [4.78, 5) is 8.74. The van der Waals surface area contributed by atoms with E-state index in [1.807, 2.05) is 66.7 Å². The number of ether oxygens (including phenoxy) is 1. The summed E-state index contributed by atoms with van der Waals surface area (Å²) in [5.74, 6) is 1.57. The third-order valence-electron chi connectivity index (χ3n) is 4.02. The maximum absolute atomic E-state index is 5.83. The number of fused-ring (bicyclic) bond motifs is 1. The number of rotatable bonds is 5. The van der Waals surface area contributed by atoms with Crippen molar-refractivity contribution in [2.45, 2.75) is 6.61 Å². The SMILES string of the molecule is Brc1cc(Br)c2ncnc(Nc3ccc(OCc4ccccc4)cc3)c2c1. The van der Waals surface area contributed by atoms with Crippen LogP contribution in [0.15, 0.2) is 82.0 Å². The molecule has 0 aliphatic rings. The topological polar surface area (TPSA) is 47.0 Å². The second-order valence-corrected chi connectivity index (χ2v) is 7.70. The van der Waals surface area contributed by atoms with Gasteiger partial charge in [0.15, 0.2) is 0 Å². The second-order valence-electron chi connectivity index (χ2n) is 5.93. The van der Waals surface area contributed by atoms with Gasteiger partial charge < -0.3 is 10.1 Å². The van der Waals surface area contributed by atoms with Gasteiger partial charge in [-0.2, -0.15) is 0 Å². The first-order valence-corrected chi connectivity index (χ1v) is 9.91. The lowest BCUT2D eigenvalue weighted by Gasteiger charge is -2.11. The number of hydrogen-bond acceptors (Lipinski definition) is 4. The Hall–Kier alpha value is -2.44. The molecule has 1 heterocycles. The molecule has 0 unspecified atom stereocenters. The van der Waals surface area contributed by atoms with Crippen molar-refractivity contribution in [1.82, 2.24) is 9.97 Å². The Morgan fingerprint density at radius 3 is 2.44 bits per heavy atom. The minimum Gasteiger partial charge on any atom is -0.489 e. The monoisotopic (exact) mass is 483 g/mol. The Morgan fingerprint density at radius 1 is 0.889 bits per heavy atom. The second kappa shape index (κ2) is 8.06. The van der Waals surface area contributed by atoms with E-state index in [9.17, 15) is 0 Å². The van der Waals surface area contributed by atoms with Crippen molar-refractivity contribution >= 4 is 54.3 Å². The van der Waals surface area contributed by atoms with Crippen molar-refractivity contribution in [2.24, 2.45) is 0 Å². The molecule has 4 rings (SSSR count). The van der Waals surface area contributed by atoms with Crippen LogP contribution in [0.2, 0.25) is 0 Å². The molecule has 0 aliphatic heterocycles. The average Bonchev–Trinajstić information content (AvgIpc) is 2.69. The molecule has 4 nitrogen and oxygen atoms in total. The summed E-state index contributed by atoms with van der Waals surface area (Å²) in [6.07, 6.45) is 1.56. The Labute approximate surface area is 173 Å². The molecule has 0 fully saturated rings. The number of anilines is 2. The van der Waals surface area contributed by atoms with Crippen molar-refractivity contribution in [3.8, 4) is 5.75 Å². The molecule has 0 radical (unpaired) electrons. The zero-order chi connectivity index (χ0) is 18.6. The summed E-state index contributed by atoms with van der Waals surface area (Å²) in [7, 11) is 0. The number of benzene rings is 3. The quantitative estimate of drug-likeness (QED) is 0.352. The molecule has 0 saturated heterocycles. The van der Waals surface area contributed by atoms with Crippen LogP contribution in [0.1, 0.15) is 5.56 Å². The van der Waals surface area contributed by atoms with Crippen LogP contribution < -0.4 is 10.1 Å². The first kappa shape index (κ1) is 17.9. The molecule has 6 heteroatoms. The minimum absolute atomic E-state index is 0.548. The number of hydrogen-bond donors (Lipinski definition) is 1. The summed E-state index contributed by atoms with van der Waals surface area (Å²) >= 11 is 7.07. The highest BCUT2D eigenvalue weighted by Crippen LogP contribution is 2.31. The highest BCUT2D eigenvalue weighted by atomic mass is 79.9. The van der Waals surface area contributed by atoms with E-state index < -0.39 is 0 Å². The summed E-state index contributed by atoms with van der Waals surface area (Å²) in [5, 5.41) is 4.29. The predicted molar refractivity (Wildman–Crippen MR) is 115 cm³/mol. The summed E-state index contributed by atoms with van der Waals surface area (Å²) in [6, 6.07) is 21.9. The molecule has 27 heavy (non-hydrogen) atoms. The zero-order valence-electron chi connectivity index (χ0n) is 14.2. The van der Waals surface area contributed by atoms with Crippen molar-refractivity contribution in [1.29, 1.82) is 0 Å². The fourth-order valence-electron chi connectivity index (χ4n) is 2.70. The Bertz CT molecular complexity index is 1070. The van der Waals surface area contributed by atoms with Gasteiger partial charge in [0.05, 0.1) is 5.52 Å². The Morgan fingerprint density at radius 2 is 1.67 bits per heavy atom. The van der Waals surface area contributed by atoms with Crippen LogP contribution in [-0.2, 0) is 6.61 Å². The van der Waals surface area contributed by atoms with E-state index in [2.05, 4.69) is 47.1 Å². The molecule has 1 aromatic heterocycles. The van der Waals surface area contributed by atoms with E-state index in [1.165, 1.54) is 0 Å². The molecule has 0 spiro atoms. The lowest BCUT2D eigenvalue weighted by molar-refractivity contribution is 0.306. The van der Waals surface area contributed by atoms with Gasteiger partial charge in [0.25, 0.3) is 0 Å². The van der Waals surface area contributed by atoms with Gasteiger partial charge in [-0.25, -0.2) is 9.97 Å². The van der Waals surface area contributed by atoms with Gasteiger partial charge in [-0.1, -0.05) is 46.3 Å². The van der Waals surface area contributed by atoms with E-state index >= 15 is 0 Å². The molecule has 0 bridgehead atoms. The van der Waals surface area contributed by atoms with Crippen LogP contribution in [0.4, 0.5) is 11.5 Å². The molecule has 4 aromatic rings. The van der Waals surface area contributed by atoms with Crippen LogP contribution in [0.5, 0.6) is 5.75 Å². The Kier molecular flexibility index (Phi) is 5.36. The van der Waals surface area contributed by atoms with Gasteiger partial charge in [-0.15, -0.1) is 0 Å². The van der Waals surface area contributed by atoms with Crippen molar-refractivity contribution < 1.29 is 4.74 Å². The van der Waals surface area contributed by atoms with Crippen LogP contribution in [-0.4, -0.2) is 9.97 Å². The third kappa shape index (κ3) is 4.28. The fraction of sp³-hybridized carbons (Fsp3) is 0.0476. The molecule has 0 aliphatic carbocycles. The number of nitrogens with zero attached hydrogens (tertiary/aromatic N) is 2. The van der Waals surface area contributed by atoms with Crippen molar-refractivity contribution in [3.05, 3.63) is 87.6 Å². The number of nitrogens with one attached hydrogen (secondary N) is 1. The lowest BCUT2D eigenvalue weighted by Crippen LogP contribution is -1.97. The lowest BCUT2D eigenvalue weighted by atomic mass is 10.2. The normalized spacial score (nSPS) is 10.7. The third-order valence-corrected chi connectivity index (χ3v) is 5.08. The van der Waals surface area contributed by atoms with E-state index in [4.69, 9.17) is 4.74 Å². The van der Waals surface area contributed by atoms with Crippen molar-refractivity contribution in [2.75, 3.05) is 5.32 Å². The maximum atomic E-state index is 5.83. The predicted octanol–water partition coefficient (Wildman–Crippen LogP) is 6.48. The highest BCUT2D eigenvalue weighted by Gasteiger charge is 2.08. The summed E-state index contributed by atoms with van der Waals surface area (Å²) in [5.41, 5.74) is 2.93. The van der Waals surface area contributed by atoms with Crippen LogP contribution in [0.25, 0.3) is 10.9 Å². The molecule has 134 valence electrons. The fourth-order valence-corrected chi connectivity index (χ4v) is 4.03. The van der Waals surface area contributed by atoms with E-state index in [0.717, 1.165) is 42.7 Å². The van der Waals surface area contributed by atoms with E-state index in [-0.39, 0.29) is 0 Å². The van der Waals surface area contributed by atoms with Gasteiger partial charge in [0.2, 0.25) is 0 Å². The highest BCUT2D eigenvalue weighted by molar-refractivity contribution is 9.11. The zero-order valence-corrected chi connectivity index (χ0v) is 17.4. The largest absolute Gasteiger partial charge is 0.489 e. The Balaban J connectivity index is 1.51. The first-order valence-electron chi connectivity index (χ1n) is 8.32. The van der Waals surface area contributed by atoms with Crippen molar-refractivity contribution in [3.63, 3.8) is 0 Å². The average molecular weight is 485 g/mol. The standard InChI is InChI=1S/C21H15Br2N3O/c22-15-10-18-20(19(23)11-15)24-13-25-21(18)26-16-6-8-17(9-7-16)27-12-14-4-2-1-3-5-14/h1-11,13H,12H2,(H,24,25,26). The number of halogens is 2. The van der Waals surface area contributed by atoms with E-state index in [1.54, 1.807) is 6.33 Å². The summed E-state index contributed by atoms with van der Waals surface area (Å²) in [6.45, 7) is 0.548. The van der Waals surface area contributed by atoms with Crippen LogP contribution in [0, 0.1) is 0 Å². The molecular formula is C21H15Br2N3O. The van der Waals surface area contributed by atoms with Gasteiger partial charge in [-0.05, 0) is 57.9 Å². The smallest absolute Gasteiger partial charge is 0.141 e. The van der Waals surface area contributed by atoms with Gasteiger partial charge in [0, 0.05) is 20.0 Å². The van der Waals surface area contributed by atoms with Crippen LogP contribution in [0.3, 0.4) is 0 Å². The minimum atomic E-state index is 0.548. The molecule has 0 saturated carbocycles. The first-order chi connectivity index (χ1) is 13.2. The molecule has 3 aromatic carbocycles. The summed E-state index contributed by atoms with van der Waals surface area (Å²) < 4.78 is 7.71. The van der Waals surface area contributed by atoms with Gasteiger partial charge in [-0.3, -0.25) is 0 Å². The molecule has 0 atom stereocenters.